The number of benzene rings is 1. The first-order valence-electron chi connectivity index (χ1n) is 4.73. The van der Waals surface area contributed by atoms with Crippen LogP contribution in [-0.2, 0) is 9.53 Å². The number of hydrogen-bond acceptors (Lipinski definition) is 2. The van der Waals surface area contributed by atoms with Crippen molar-refractivity contribution in [3.8, 4) is 0 Å². The molecule has 0 aliphatic rings. The zero-order valence-corrected chi connectivity index (χ0v) is 12.3. The van der Waals surface area contributed by atoms with E-state index in [2.05, 4.69) is 38.4 Å². The molecule has 1 unspecified atom stereocenters. The molecule has 0 bridgehead atoms. The van der Waals surface area contributed by atoms with Gasteiger partial charge in [-0.3, -0.25) is 0 Å². The summed E-state index contributed by atoms with van der Waals surface area (Å²) in [5.41, 5.74) is 1.33. The molecule has 0 fully saturated rings. The van der Waals surface area contributed by atoms with Crippen LogP contribution in [0.25, 0.3) is 0 Å². The van der Waals surface area contributed by atoms with Gasteiger partial charge in [0.25, 0.3) is 0 Å². The topological polar surface area (TPSA) is 26.3 Å². The highest BCUT2D eigenvalue weighted by Crippen LogP contribution is 2.29. The van der Waals surface area contributed by atoms with Crippen LogP contribution in [0.5, 0.6) is 0 Å². The fourth-order valence-electron chi connectivity index (χ4n) is 1.16. The van der Waals surface area contributed by atoms with Gasteiger partial charge in [-0.2, -0.15) is 0 Å². The maximum atomic E-state index is 11.4. The van der Waals surface area contributed by atoms with E-state index in [1.54, 1.807) is 6.92 Å². The van der Waals surface area contributed by atoms with E-state index in [9.17, 15) is 4.79 Å². The summed E-state index contributed by atoms with van der Waals surface area (Å²) in [6.45, 7) is 7.00. The third kappa shape index (κ3) is 3.46. The van der Waals surface area contributed by atoms with Crippen LogP contribution < -0.4 is 0 Å². The van der Waals surface area contributed by atoms with Gasteiger partial charge < -0.3 is 4.74 Å². The molecule has 0 N–H and O–H groups in total. The van der Waals surface area contributed by atoms with Crippen molar-refractivity contribution in [1.82, 2.24) is 0 Å². The summed E-state index contributed by atoms with van der Waals surface area (Å²) >= 11 is 6.80. The lowest BCUT2D eigenvalue weighted by Crippen LogP contribution is -2.09. The van der Waals surface area contributed by atoms with Gasteiger partial charge in [0.15, 0.2) is 0 Å². The van der Waals surface area contributed by atoms with Gasteiger partial charge in [-0.25, -0.2) is 4.79 Å². The van der Waals surface area contributed by atoms with Crippen molar-refractivity contribution in [1.29, 1.82) is 0 Å². The smallest absolute Gasteiger partial charge is 0.333 e. The highest BCUT2D eigenvalue weighted by atomic mass is 79.9. The minimum Gasteiger partial charge on any atom is -0.454 e. The van der Waals surface area contributed by atoms with Crippen LogP contribution in [0.15, 0.2) is 39.3 Å². The SMILES string of the molecule is C=C(C)C(=O)OC(C)c1ccc(Br)cc1Br. The molecule has 0 amide bonds. The second-order valence-electron chi connectivity index (χ2n) is 3.49. The fourth-order valence-corrected chi connectivity index (χ4v) is 2.53. The highest BCUT2D eigenvalue weighted by molar-refractivity contribution is 9.11. The number of esters is 1. The van der Waals surface area contributed by atoms with E-state index < -0.39 is 0 Å². The maximum Gasteiger partial charge on any atom is 0.333 e. The monoisotopic (exact) mass is 346 g/mol. The number of carbonyl (C=O) groups excluding carboxylic acids is 1. The van der Waals surface area contributed by atoms with Crippen molar-refractivity contribution in [3.05, 3.63) is 44.9 Å². The third-order valence-corrected chi connectivity index (χ3v) is 3.21. The number of hydrogen-bond donors (Lipinski definition) is 0. The van der Waals surface area contributed by atoms with Crippen LogP contribution in [0.1, 0.15) is 25.5 Å². The predicted octanol–water partition coefficient (Wildman–Crippen LogP) is 4.39. The van der Waals surface area contributed by atoms with Gasteiger partial charge in [-0.05, 0) is 26.0 Å². The summed E-state index contributed by atoms with van der Waals surface area (Å²) in [6, 6.07) is 5.73. The third-order valence-electron chi connectivity index (χ3n) is 2.03. The lowest BCUT2D eigenvalue weighted by Gasteiger charge is -2.15. The molecule has 1 aromatic carbocycles. The summed E-state index contributed by atoms with van der Waals surface area (Å²) < 4.78 is 7.11. The average molecular weight is 348 g/mol. The van der Waals surface area contributed by atoms with Crippen LogP contribution in [0.4, 0.5) is 0 Å². The minimum atomic E-state index is -0.373. The van der Waals surface area contributed by atoms with E-state index in [0.717, 1.165) is 14.5 Å². The Morgan fingerprint density at radius 2 is 2.06 bits per heavy atom. The van der Waals surface area contributed by atoms with Gasteiger partial charge in [0.1, 0.15) is 6.10 Å². The molecule has 0 spiro atoms. The molecule has 1 atom stereocenters. The van der Waals surface area contributed by atoms with E-state index in [-0.39, 0.29) is 12.1 Å². The standard InChI is InChI=1S/C12H12Br2O2/c1-7(2)12(15)16-8(3)10-5-4-9(13)6-11(10)14/h4-6,8H,1H2,2-3H3. The molecule has 16 heavy (non-hydrogen) atoms. The van der Waals surface area contributed by atoms with Crippen LogP contribution in [0.3, 0.4) is 0 Å². The second-order valence-corrected chi connectivity index (χ2v) is 5.26. The number of rotatable bonds is 3. The zero-order chi connectivity index (χ0) is 12.3. The van der Waals surface area contributed by atoms with Gasteiger partial charge in [0.2, 0.25) is 0 Å². The maximum absolute atomic E-state index is 11.4. The normalized spacial score (nSPS) is 12.0. The number of halogens is 2. The van der Waals surface area contributed by atoms with Crippen molar-refractivity contribution in [2.24, 2.45) is 0 Å². The molecular weight excluding hydrogens is 336 g/mol. The van der Waals surface area contributed by atoms with Crippen molar-refractivity contribution in [2.45, 2.75) is 20.0 Å². The number of carbonyl (C=O) groups is 1. The molecule has 0 saturated heterocycles. The summed E-state index contributed by atoms with van der Waals surface area (Å²) in [5.74, 6) is -0.373. The van der Waals surface area contributed by atoms with E-state index >= 15 is 0 Å². The molecule has 0 aliphatic heterocycles. The first-order chi connectivity index (χ1) is 7.41. The van der Waals surface area contributed by atoms with Crippen LogP contribution in [0.2, 0.25) is 0 Å². The molecule has 2 nitrogen and oxygen atoms in total. The van der Waals surface area contributed by atoms with Crippen molar-refractivity contribution >= 4 is 37.8 Å². The minimum absolute atomic E-state index is 0.299. The molecule has 0 saturated carbocycles. The van der Waals surface area contributed by atoms with Crippen LogP contribution in [0, 0.1) is 0 Å². The predicted molar refractivity (Wildman–Crippen MR) is 71.2 cm³/mol. The molecule has 1 rings (SSSR count). The van der Waals surface area contributed by atoms with Crippen molar-refractivity contribution < 1.29 is 9.53 Å². The molecule has 0 aromatic heterocycles. The Hall–Kier alpha value is -0.610. The molecule has 86 valence electrons. The van der Waals surface area contributed by atoms with Gasteiger partial charge in [-0.15, -0.1) is 0 Å². The molecule has 0 radical (unpaired) electrons. The Morgan fingerprint density at radius 3 is 2.56 bits per heavy atom. The van der Waals surface area contributed by atoms with E-state index in [4.69, 9.17) is 4.74 Å². The van der Waals surface area contributed by atoms with E-state index in [1.807, 2.05) is 25.1 Å². The summed E-state index contributed by atoms with van der Waals surface area (Å²) in [5, 5.41) is 0. The molecule has 4 heteroatoms. The molecule has 1 aromatic rings. The van der Waals surface area contributed by atoms with Gasteiger partial charge in [0.05, 0.1) is 0 Å². The summed E-state index contributed by atoms with van der Waals surface area (Å²) in [4.78, 5) is 11.4. The lowest BCUT2D eigenvalue weighted by atomic mass is 10.1. The Bertz CT molecular complexity index is 427. The van der Waals surface area contributed by atoms with Crippen LogP contribution >= 0.6 is 31.9 Å². The summed E-state index contributed by atoms with van der Waals surface area (Å²) in [6.07, 6.45) is -0.299. The van der Waals surface area contributed by atoms with E-state index in [1.165, 1.54) is 0 Å². The highest BCUT2D eigenvalue weighted by Gasteiger charge is 2.14. The van der Waals surface area contributed by atoms with Gasteiger partial charge >= 0.3 is 5.97 Å². The molecule has 0 aliphatic carbocycles. The lowest BCUT2D eigenvalue weighted by molar-refractivity contribution is -0.143. The average Bonchev–Trinajstić information content (AvgIpc) is 2.16. The largest absolute Gasteiger partial charge is 0.454 e. The zero-order valence-electron chi connectivity index (χ0n) is 9.09. The van der Waals surface area contributed by atoms with Crippen molar-refractivity contribution in [3.63, 3.8) is 0 Å². The van der Waals surface area contributed by atoms with Crippen molar-refractivity contribution in [2.75, 3.05) is 0 Å². The summed E-state index contributed by atoms with van der Waals surface area (Å²) in [7, 11) is 0. The molecule has 0 heterocycles. The fraction of sp³-hybridized carbons (Fsp3) is 0.250. The second kappa shape index (κ2) is 5.64. The Kier molecular flexibility index (Phi) is 4.74. The van der Waals surface area contributed by atoms with Gasteiger partial charge in [0, 0.05) is 20.1 Å². The van der Waals surface area contributed by atoms with Gasteiger partial charge in [-0.1, -0.05) is 44.5 Å². The Labute approximate surface area is 112 Å². The number of ether oxygens (including phenoxy) is 1. The van der Waals surface area contributed by atoms with Crippen LogP contribution in [-0.4, -0.2) is 5.97 Å². The van der Waals surface area contributed by atoms with E-state index in [0.29, 0.717) is 5.57 Å². The Balaban J connectivity index is 2.84. The Morgan fingerprint density at radius 1 is 1.44 bits per heavy atom. The first kappa shape index (κ1) is 13.5. The molecular formula is C12H12Br2O2. The quantitative estimate of drug-likeness (QED) is 0.598. The first-order valence-corrected chi connectivity index (χ1v) is 6.32.